The Labute approximate surface area is 123 Å². The fourth-order valence-corrected chi connectivity index (χ4v) is 3.22. The van der Waals surface area contributed by atoms with Crippen LogP contribution in [-0.4, -0.2) is 21.1 Å². The van der Waals surface area contributed by atoms with Crippen molar-refractivity contribution in [2.75, 3.05) is 5.32 Å². The smallest absolute Gasteiger partial charge is 0.294 e. The number of carbonyl (C=O) groups is 1. The second kappa shape index (κ2) is 4.19. The van der Waals surface area contributed by atoms with Crippen molar-refractivity contribution in [1.29, 1.82) is 0 Å². The highest BCUT2D eigenvalue weighted by molar-refractivity contribution is 6.02. The van der Waals surface area contributed by atoms with Crippen LogP contribution in [-0.2, 0) is 0 Å². The van der Waals surface area contributed by atoms with Gasteiger partial charge in [-0.3, -0.25) is 9.89 Å². The molecule has 6 nitrogen and oxygen atoms in total. The molecule has 6 heteroatoms. The molecule has 1 aliphatic carbocycles. The number of hydrogen-bond acceptors (Lipinski definition) is 4. The van der Waals surface area contributed by atoms with Gasteiger partial charge in [0.15, 0.2) is 12.2 Å². The SMILES string of the molecule is Cc1ncoc1C(=O)Nc1cc(C2C(C)(C)C2(C)C)[nH]n1. The fourth-order valence-electron chi connectivity index (χ4n) is 3.22. The molecule has 1 aliphatic rings. The highest BCUT2D eigenvalue weighted by Gasteiger charge is 2.65. The maximum atomic E-state index is 12.0. The molecule has 2 aromatic rings. The van der Waals surface area contributed by atoms with Crippen molar-refractivity contribution in [2.24, 2.45) is 10.8 Å². The first-order valence-electron chi connectivity index (χ1n) is 7.02. The third-order valence-corrected chi connectivity index (χ3v) is 5.12. The van der Waals surface area contributed by atoms with Crippen LogP contribution in [0.5, 0.6) is 0 Å². The van der Waals surface area contributed by atoms with Crippen LogP contribution >= 0.6 is 0 Å². The summed E-state index contributed by atoms with van der Waals surface area (Å²) in [5.41, 5.74) is 2.06. The van der Waals surface area contributed by atoms with Gasteiger partial charge in [0.1, 0.15) is 0 Å². The zero-order valence-corrected chi connectivity index (χ0v) is 12.9. The van der Waals surface area contributed by atoms with Gasteiger partial charge in [-0.1, -0.05) is 27.7 Å². The minimum atomic E-state index is -0.336. The molecular formula is C15H20N4O2. The van der Waals surface area contributed by atoms with Crippen LogP contribution in [0.15, 0.2) is 16.9 Å². The number of hydrogen-bond donors (Lipinski definition) is 2. The van der Waals surface area contributed by atoms with Gasteiger partial charge in [0, 0.05) is 17.7 Å². The summed E-state index contributed by atoms with van der Waals surface area (Å²) in [6.07, 6.45) is 1.26. The Kier molecular flexibility index (Phi) is 2.77. The van der Waals surface area contributed by atoms with Gasteiger partial charge in [0.2, 0.25) is 5.76 Å². The van der Waals surface area contributed by atoms with Gasteiger partial charge in [-0.05, 0) is 17.8 Å². The number of rotatable bonds is 3. The van der Waals surface area contributed by atoms with Gasteiger partial charge < -0.3 is 9.73 Å². The van der Waals surface area contributed by atoms with Gasteiger partial charge in [-0.2, -0.15) is 5.10 Å². The second-order valence-corrected chi connectivity index (χ2v) is 6.81. The standard InChI is InChI=1S/C15H20N4O2/c1-8-11(21-7-16-8)13(20)17-10-6-9(18-19-10)12-14(2,3)15(12,4)5/h6-7,12H,1-5H3,(H2,17,18,19,20). The van der Waals surface area contributed by atoms with Crippen LogP contribution in [0.1, 0.15) is 55.6 Å². The normalized spacial score (nSPS) is 19.5. The van der Waals surface area contributed by atoms with E-state index in [1.807, 2.05) is 6.07 Å². The Morgan fingerprint density at radius 2 is 2.00 bits per heavy atom. The predicted molar refractivity (Wildman–Crippen MR) is 78.1 cm³/mol. The zero-order chi connectivity index (χ0) is 15.4. The second-order valence-electron chi connectivity index (χ2n) is 6.81. The molecule has 21 heavy (non-hydrogen) atoms. The molecule has 0 atom stereocenters. The number of aromatic amines is 1. The highest BCUT2D eigenvalue weighted by Crippen LogP contribution is 2.73. The molecular weight excluding hydrogens is 268 g/mol. The molecule has 2 N–H and O–H groups in total. The summed E-state index contributed by atoms with van der Waals surface area (Å²) in [4.78, 5) is 16.0. The van der Waals surface area contributed by atoms with Crippen molar-refractivity contribution in [3.05, 3.63) is 29.6 Å². The average Bonchev–Trinajstić information content (AvgIpc) is 2.84. The van der Waals surface area contributed by atoms with Crippen LogP contribution in [0, 0.1) is 17.8 Å². The topological polar surface area (TPSA) is 83.8 Å². The molecule has 1 fully saturated rings. The van der Waals surface area contributed by atoms with E-state index in [1.165, 1.54) is 6.39 Å². The first kappa shape index (κ1) is 13.9. The molecule has 1 saturated carbocycles. The number of carbonyl (C=O) groups excluding carboxylic acids is 1. The minimum Gasteiger partial charge on any atom is -0.438 e. The largest absolute Gasteiger partial charge is 0.438 e. The van der Waals surface area contributed by atoms with Crippen molar-refractivity contribution in [3.8, 4) is 0 Å². The van der Waals surface area contributed by atoms with Crippen molar-refractivity contribution in [1.82, 2.24) is 15.2 Å². The molecule has 1 amide bonds. The molecule has 0 aliphatic heterocycles. The third-order valence-electron chi connectivity index (χ3n) is 5.12. The lowest BCUT2D eigenvalue weighted by atomic mass is 10.0. The molecule has 0 spiro atoms. The monoisotopic (exact) mass is 288 g/mol. The number of anilines is 1. The van der Waals surface area contributed by atoms with Gasteiger partial charge in [-0.15, -0.1) is 0 Å². The van der Waals surface area contributed by atoms with E-state index in [2.05, 4.69) is 48.2 Å². The van der Waals surface area contributed by atoms with Crippen molar-refractivity contribution < 1.29 is 9.21 Å². The number of nitrogens with one attached hydrogen (secondary N) is 2. The van der Waals surface area contributed by atoms with Gasteiger partial charge in [0.05, 0.1) is 5.69 Å². The van der Waals surface area contributed by atoms with E-state index in [0.717, 1.165) is 5.69 Å². The Hall–Kier alpha value is -2.11. The molecule has 112 valence electrons. The lowest BCUT2D eigenvalue weighted by molar-refractivity contribution is 0.0995. The molecule has 0 unspecified atom stereocenters. The van der Waals surface area contributed by atoms with E-state index in [9.17, 15) is 4.79 Å². The number of aromatic nitrogens is 3. The summed E-state index contributed by atoms with van der Waals surface area (Å²) in [7, 11) is 0. The number of H-pyrrole nitrogens is 1. The summed E-state index contributed by atoms with van der Waals surface area (Å²) in [6, 6.07) is 1.89. The van der Waals surface area contributed by atoms with E-state index >= 15 is 0 Å². The van der Waals surface area contributed by atoms with Crippen molar-refractivity contribution in [3.63, 3.8) is 0 Å². The van der Waals surface area contributed by atoms with Crippen LogP contribution < -0.4 is 5.32 Å². The predicted octanol–water partition coefficient (Wildman–Crippen LogP) is 3.11. The van der Waals surface area contributed by atoms with Crippen LogP contribution in [0.3, 0.4) is 0 Å². The highest BCUT2D eigenvalue weighted by atomic mass is 16.3. The van der Waals surface area contributed by atoms with Crippen molar-refractivity contribution >= 4 is 11.7 Å². The first-order valence-corrected chi connectivity index (χ1v) is 7.02. The van der Waals surface area contributed by atoms with E-state index < -0.39 is 0 Å². The lowest BCUT2D eigenvalue weighted by Crippen LogP contribution is -2.12. The van der Waals surface area contributed by atoms with Gasteiger partial charge in [0.25, 0.3) is 5.91 Å². The molecule has 0 saturated heterocycles. The van der Waals surface area contributed by atoms with Crippen LogP contribution in [0.25, 0.3) is 0 Å². The number of oxazole rings is 1. The molecule has 2 heterocycles. The average molecular weight is 288 g/mol. The Morgan fingerprint density at radius 3 is 2.52 bits per heavy atom. The summed E-state index contributed by atoms with van der Waals surface area (Å²) in [6.45, 7) is 10.7. The van der Waals surface area contributed by atoms with Gasteiger partial charge >= 0.3 is 0 Å². The Bertz CT molecular complexity index is 682. The zero-order valence-electron chi connectivity index (χ0n) is 12.9. The first-order chi connectivity index (χ1) is 9.75. The summed E-state index contributed by atoms with van der Waals surface area (Å²) in [5, 5.41) is 9.93. The van der Waals surface area contributed by atoms with Crippen LogP contribution in [0.4, 0.5) is 5.82 Å². The summed E-state index contributed by atoms with van der Waals surface area (Å²) >= 11 is 0. The van der Waals surface area contributed by atoms with E-state index in [-0.39, 0.29) is 22.5 Å². The number of aryl methyl sites for hydroxylation is 1. The fraction of sp³-hybridized carbons (Fsp3) is 0.533. The number of nitrogens with zero attached hydrogens (tertiary/aromatic N) is 2. The van der Waals surface area contributed by atoms with E-state index in [4.69, 9.17) is 4.42 Å². The maximum Gasteiger partial charge on any atom is 0.294 e. The lowest BCUT2D eigenvalue weighted by Gasteiger charge is -2.03. The quantitative estimate of drug-likeness (QED) is 0.909. The van der Waals surface area contributed by atoms with Crippen LogP contribution in [0.2, 0.25) is 0 Å². The minimum absolute atomic E-state index is 0.214. The molecule has 2 aromatic heterocycles. The van der Waals surface area contributed by atoms with Crippen molar-refractivity contribution in [2.45, 2.75) is 40.5 Å². The summed E-state index contributed by atoms with van der Waals surface area (Å²) < 4.78 is 5.07. The van der Waals surface area contributed by atoms with E-state index in [0.29, 0.717) is 17.4 Å². The Balaban J connectivity index is 1.75. The van der Waals surface area contributed by atoms with E-state index in [1.54, 1.807) is 6.92 Å². The maximum absolute atomic E-state index is 12.0. The molecule has 0 aromatic carbocycles. The third kappa shape index (κ3) is 1.97. The summed E-state index contributed by atoms with van der Waals surface area (Å²) in [5.74, 6) is 0.795. The molecule has 3 rings (SSSR count). The number of amides is 1. The van der Waals surface area contributed by atoms with Gasteiger partial charge in [-0.25, -0.2) is 4.98 Å². The molecule has 0 radical (unpaired) electrons. The molecule has 0 bridgehead atoms. The Morgan fingerprint density at radius 1 is 1.33 bits per heavy atom.